The van der Waals surface area contributed by atoms with E-state index in [0.717, 1.165) is 18.2 Å². The number of carbonyl (C=O) groups excluding carboxylic acids is 1. The zero-order valence-corrected chi connectivity index (χ0v) is 12.5. The van der Waals surface area contributed by atoms with E-state index in [1.807, 2.05) is 0 Å². The molecule has 1 heterocycles. The maximum atomic E-state index is 13.2. The molecule has 3 aromatic rings. The van der Waals surface area contributed by atoms with Gasteiger partial charge in [0.15, 0.2) is 0 Å². The molecule has 0 radical (unpaired) electrons. The number of para-hydroxylation sites is 1. The van der Waals surface area contributed by atoms with Crippen LogP contribution in [0.25, 0.3) is 10.9 Å². The first-order valence-electron chi connectivity index (χ1n) is 6.95. The number of methoxy groups -OCH3 is 1. The summed E-state index contributed by atoms with van der Waals surface area (Å²) in [4.78, 5) is 26.9. The van der Waals surface area contributed by atoms with E-state index in [1.165, 1.54) is 7.11 Å². The fourth-order valence-corrected chi connectivity index (χ4v) is 2.44. The number of benzene rings is 2. The maximum absolute atomic E-state index is 13.2. The molecule has 0 spiro atoms. The standard InChI is InChI=1S/C17H12F2N2O3/c1-24-14-4-2-3-12-13(8-15(22)21-16(12)14)17(23)20-11-6-9(18)5-10(19)7-11/h2-8H,1H3,(H,20,23)(H,21,22). The number of ether oxygens (including phenoxy) is 1. The van der Waals surface area contributed by atoms with E-state index < -0.39 is 23.1 Å². The summed E-state index contributed by atoms with van der Waals surface area (Å²) in [6, 6.07) is 8.72. The van der Waals surface area contributed by atoms with Gasteiger partial charge in [0.05, 0.1) is 18.2 Å². The van der Waals surface area contributed by atoms with Crippen molar-refractivity contribution in [3.8, 4) is 5.75 Å². The molecule has 0 saturated heterocycles. The van der Waals surface area contributed by atoms with Crippen molar-refractivity contribution in [2.45, 2.75) is 0 Å². The summed E-state index contributed by atoms with van der Waals surface area (Å²) in [5.74, 6) is -1.90. The van der Waals surface area contributed by atoms with Gasteiger partial charge in [0.2, 0.25) is 5.56 Å². The fourth-order valence-electron chi connectivity index (χ4n) is 2.44. The minimum atomic E-state index is -0.817. The highest BCUT2D eigenvalue weighted by atomic mass is 19.1. The number of halogens is 2. The molecule has 24 heavy (non-hydrogen) atoms. The third-order valence-corrected chi connectivity index (χ3v) is 3.42. The lowest BCUT2D eigenvalue weighted by Crippen LogP contribution is -2.17. The number of H-pyrrole nitrogens is 1. The van der Waals surface area contributed by atoms with Gasteiger partial charge in [-0.15, -0.1) is 0 Å². The lowest BCUT2D eigenvalue weighted by molar-refractivity contribution is 0.102. The Kier molecular flexibility index (Phi) is 3.99. The van der Waals surface area contributed by atoms with Crippen LogP contribution >= 0.6 is 0 Å². The molecule has 122 valence electrons. The van der Waals surface area contributed by atoms with Crippen molar-refractivity contribution >= 4 is 22.5 Å². The molecule has 3 rings (SSSR count). The molecule has 0 fully saturated rings. The number of pyridine rings is 1. The van der Waals surface area contributed by atoms with E-state index in [4.69, 9.17) is 4.74 Å². The van der Waals surface area contributed by atoms with Gasteiger partial charge in [0.25, 0.3) is 5.91 Å². The van der Waals surface area contributed by atoms with Crippen LogP contribution in [0.2, 0.25) is 0 Å². The van der Waals surface area contributed by atoms with Crippen LogP contribution in [0.15, 0.2) is 47.3 Å². The monoisotopic (exact) mass is 330 g/mol. The first kappa shape index (κ1) is 15.7. The predicted molar refractivity (Wildman–Crippen MR) is 85.4 cm³/mol. The SMILES string of the molecule is COc1cccc2c(C(=O)Nc3cc(F)cc(F)c3)cc(=O)[nH]c12. The molecule has 0 atom stereocenters. The van der Waals surface area contributed by atoms with Crippen molar-refractivity contribution in [1.82, 2.24) is 4.98 Å². The van der Waals surface area contributed by atoms with Crippen LogP contribution in [0.5, 0.6) is 5.75 Å². The van der Waals surface area contributed by atoms with Gasteiger partial charge in [-0.2, -0.15) is 0 Å². The van der Waals surface area contributed by atoms with Crippen LogP contribution in [0.1, 0.15) is 10.4 Å². The molecule has 0 aliphatic carbocycles. The van der Waals surface area contributed by atoms with Crippen molar-refractivity contribution in [2.75, 3.05) is 12.4 Å². The number of carbonyl (C=O) groups is 1. The summed E-state index contributed by atoms with van der Waals surface area (Å²) in [7, 11) is 1.44. The van der Waals surface area contributed by atoms with Crippen molar-refractivity contribution in [3.63, 3.8) is 0 Å². The topological polar surface area (TPSA) is 71.2 Å². The molecule has 2 aromatic carbocycles. The Hall–Kier alpha value is -3.22. The number of hydrogen-bond donors (Lipinski definition) is 2. The number of aromatic nitrogens is 1. The van der Waals surface area contributed by atoms with Crippen molar-refractivity contribution < 1.29 is 18.3 Å². The normalized spacial score (nSPS) is 10.6. The Morgan fingerprint density at radius 1 is 1.12 bits per heavy atom. The Morgan fingerprint density at radius 3 is 2.50 bits per heavy atom. The fraction of sp³-hybridized carbons (Fsp3) is 0.0588. The van der Waals surface area contributed by atoms with E-state index in [1.54, 1.807) is 18.2 Å². The lowest BCUT2D eigenvalue weighted by atomic mass is 10.1. The number of anilines is 1. The second kappa shape index (κ2) is 6.11. The third kappa shape index (κ3) is 2.96. The minimum absolute atomic E-state index is 0.0474. The first-order chi connectivity index (χ1) is 11.5. The number of amides is 1. The summed E-state index contributed by atoms with van der Waals surface area (Å²) in [5.41, 5.74) is -0.114. The molecule has 0 aliphatic heterocycles. The van der Waals surface area contributed by atoms with Gasteiger partial charge in [-0.25, -0.2) is 8.78 Å². The summed E-state index contributed by atoms with van der Waals surface area (Å²) in [5, 5.41) is 2.83. The van der Waals surface area contributed by atoms with Crippen molar-refractivity contribution in [1.29, 1.82) is 0 Å². The maximum Gasteiger partial charge on any atom is 0.256 e. The highest BCUT2D eigenvalue weighted by Gasteiger charge is 2.15. The summed E-state index contributed by atoms with van der Waals surface area (Å²) in [6.07, 6.45) is 0. The van der Waals surface area contributed by atoms with E-state index in [9.17, 15) is 18.4 Å². The summed E-state index contributed by atoms with van der Waals surface area (Å²) in [6.45, 7) is 0. The number of rotatable bonds is 3. The molecule has 1 aromatic heterocycles. The van der Waals surface area contributed by atoms with Crippen molar-refractivity contribution in [2.24, 2.45) is 0 Å². The van der Waals surface area contributed by atoms with Gasteiger partial charge < -0.3 is 15.0 Å². The summed E-state index contributed by atoms with van der Waals surface area (Å²) >= 11 is 0. The average Bonchev–Trinajstić information content (AvgIpc) is 2.52. The number of nitrogens with one attached hydrogen (secondary N) is 2. The number of fused-ring (bicyclic) bond motifs is 1. The molecular formula is C17H12F2N2O3. The van der Waals surface area contributed by atoms with E-state index in [0.29, 0.717) is 22.7 Å². The van der Waals surface area contributed by atoms with Crippen LogP contribution < -0.4 is 15.6 Å². The van der Waals surface area contributed by atoms with Crippen LogP contribution in [0.4, 0.5) is 14.5 Å². The van der Waals surface area contributed by atoms with Crippen LogP contribution in [0.3, 0.4) is 0 Å². The number of aromatic amines is 1. The van der Waals surface area contributed by atoms with Gasteiger partial charge >= 0.3 is 0 Å². The highest BCUT2D eigenvalue weighted by Crippen LogP contribution is 2.25. The minimum Gasteiger partial charge on any atom is -0.495 e. The molecule has 0 aliphatic rings. The Balaban J connectivity index is 2.08. The second-order valence-corrected chi connectivity index (χ2v) is 5.04. The van der Waals surface area contributed by atoms with Gasteiger partial charge in [0, 0.05) is 23.2 Å². The lowest BCUT2D eigenvalue weighted by Gasteiger charge is -2.10. The van der Waals surface area contributed by atoms with Crippen LogP contribution in [0, 0.1) is 11.6 Å². The smallest absolute Gasteiger partial charge is 0.256 e. The molecule has 0 saturated carbocycles. The zero-order chi connectivity index (χ0) is 17.3. The Labute approximate surface area is 134 Å². The van der Waals surface area contributed by atoms with E-state index >= 15 is 0 Å². The Bertz CT molecular complexity index is 979. The van der Waals surface area contributed by atoms with Crippen molar-refractivity contribution in [3.05, 3.63) is 70.0 Å². The highest BCUT2D eigenvalue weighted by molar-refractivity contribution is 6.12. The molecule has 5 nitrogen and oxygen atoms in total. The Morgan fingerprint density at radius 2 is 1.83 bits per heavy atom. The van der Waals surface area contributed by atoms with Gasteiger partial charge in [-0.3, -0.25) is 9.59 Å². The summed E-state index contributed by atoms with van der Waals surface area (Å²) < 4.78 is 31.6. The first-order valence-corrected chi connectivity index (χ1v) is 6.95. The van der Waals surface area contributed by atoms with E-state index in [2.05, 4.69) is 10.3 Å². The van der Waals surface area contributed by atoms with Crippen LogP contribution in [-0.4, -0.2) is 18.0 Å². The molecule has 7 heteroatoms. The zero-order valence-electron chi connectivity index (χ0n) is 12.5. The third-order valence-electron chi connectivity index (χ3n) is 3.42. The van der Waals surface area contributed by atoms with Gasteiger partial charge in [-0.1, -0.05) is 12.1 Å². The van der Waals surface area contributed by atoms with Crippen LogP contribution in [-0.2, 0) is 0 Å². The van der Waals surface area contributed by atoms with E-state index in [-0.39, 0.29) is 11.3 Å². The predicted octanol–water partition coefficient (Wildman–Crippen LogP) is 3.07. The molecular weight excluding hydrogens is 318 g/mol. The quantitative estimate of drug-likeness (QED) is 0.775. The largest absolute Gasteiger partial charge is 0.495 e. The molecule has 0 bridgehead atoms. The van der Waals surface area contributed by atoms with Gasteiger partial charge in [0.1, 0.15) is 17.4 Å². The number of hydrogen-bond acceptors (Lipinski definition) is 3. The molecule has 2 N–H and O–H groups in total. The average molecular weight is 330 g/mol. The second-order valence-electron chi connectivity index (χ2n) is 5.04. The molecule has 1 amide bonds. The van der Waals surface area contributed by atoms with Gasteiger partial charge in [-0.05, 0) is 18.2 Å². The molecule has 0 unspecified atom stereocenters.